The van der Waals surface area contributed by atoms with Gasteiger partial charge in [0.25, 0.3) is 0 Å². The molecule has 9 aromatic rings. The number of thiophene rings is 1. The van der Waals surface area contributed by atoms with Crippen molar-refractivity contribution in [1.82, 2.24) is 4.57 Å². The van der Waals surface area contributed by atoms with E-state index < -0.39 is 0 Å². The minimum absolute atomic E-state index is 1.08. The van der Waals surface area contributed by atoms with E-state index in [1.165, 1.54) is 47.5 Å². The van der Waals surface area contributed by atoms with Crippen LogP contribution in [0.1, 0.15) is 0 Å². The first kappa shape index (κ1) is 27.2. The van der Waals surface area contributed by atoms with Gasteiger partial charge < -0.3 is 9.47 Å². The van der Waals surface area contributed by atoms with Crippen molar-refractivity contribution in [3.8, 4) is 16.8 Å². The van der Waals surface area contributed by atoms with Gasteiger partial charge >= 0.3 is 0 Å². The maximum Gasteiger partial charge on any atom is 0.0562 e. The lowest BCUT2D eigenvalue weighted by molar-refractivity contribution is 1.18. The molecule has 46 heavy (non-hydrogen) atoms. The van der Waals surface area contributed by atoms with E-state index in [0.717, 1.165) is 32.8 Å². The first-order chi connectivity index (χ1) is 22.7. The number of hydrogen-bond donors (Lipinski definition) is 0. The van der Waals surface area contributed by atoms with Crippen molar-refractivity contribution < 1.29 is 0 Å². The molecule has 0 atom stereocenters. The van der Waals surface area contributed by atoms with E-state index >= 15 is 0 Å². The highest BCUT2D eigenvalue weighted by Gasteiger charge is 2.20. The van der Waals surface area contributed by atoms with Crippen molar-refractivity contribution in [3.05, 3.63) is 168 Å². The van der Waals surface area contributed by atoms with E-state index in [4.69, 9.17) is 0 Å². The average molecular weight is 672 g/mol. The molecule has 0 radical (unpaired) electrons. The number of anilines is 3. The smallest absolute Gasteiger partial charge is 0.0562 e. The molecular formula is C42H27BrN2S. The van der Waals surface area contributed by atoms with Crippen molar-refractivity contribution in [2.24, 2.45) is 0 Å². The van der Waals surface area contributed by atoms with Gasteiger partial charge in [0.05, 0.1) is 11.0 Å². The van der Waals surface area contributed by atoms with Crippen LogP contribution in [-0.4, -0.2) is 4.57 Å². The highest BCUT2D eigenvalue weighted by molar-refractivity contribution is 9.10. The van der Waals surface area contributed by atoms with Gasteiger partial charge in [-0.05, 0) is 83.9 Å². The van der Waals surface area contributed by atoms with Crippen LogP contribution in [0, 0.1) is 0 Å². The molecule has 0 saturated carbocycles. The molecule has 0 fully saturated rings. The van der Waals surface area contributed by atoms with Crippen molar-refractivity contribution in [1.29, 1.82) is 0 Å². The number of hydrogen-bond acceptors (Lipinski definition) is 2. The Balaban J connectivity index is 1.33. The fraction of sp³-hybridized carbons (Fsp3) is 0. The number of aromatic nitrogens is 1. The monoisotopic (exact) mass is 670 g/mol. The van der Waals surface area contributed by atoms with Crippen LogP contribution >= 0.6 is 27.3 Å². The summed E-state index contributed by atoms with van der Waals surface area (Å²) in [7, 11) is 0. The van der Waals surface area contributed by atoms with Crippen molar-refractivity contribution >= 4 is 86.3 Å². The molecule has 2 nitrogen and oxygen atoms in total. The van der Waals surface area contributed by atoms with E-state index in [-0.39, 0.29) is 0 Å². The van der Waals surface area contributed by atoms with Gasteiger partial charge in [0.15, 0.2) is 0 Å². The summed E-state index contributed by atoms with van der Waals surface area (Å²) < 4.78 is 6.15. The topological polar surface area (TPSA) is 8.17 Å². The number of para-hydroxylation sites is 2. The summed E-state index contributed by atoms with van der Waals surface area (Å²) in [6.07, 6.45) is 0. The molecule has 0 spiro atoms. The minimum Gasteiger partial charge on any atom is -0.310 e. The standard InChI is InChI=1S/C42H27BrN2S/c43-36-20-9-7-18-33(36)28-12-11-17-31(26-28)44(29-13-3-1-4-14-29)32-22-23-34-38(27-32)45(30-15-5-2-6-16-30)37-24-25-40-42(41(34)37)35-19-8-10-21-39(35)46-40/h1-27H. The summed E-state index contributed by atoms with van der Waals surface area (Å²) in [5.74, 6) is 0. The summed E-state index contributed by atoms with van der Waals surface area (Å²) >= 11 is 5.64. The second-order valence-electron chi connectivity index (χ2n) is 11.5. The fourth-order valence-corrected chi connectivity index (χ4v) is 8.46. The zero-order valence-corrected chi connectivity index (χ0v) is 27.2. The van der Waals surface area contributed by atoms with Crippen LogP contribution in [0.3, 0.4) is 0 Å². The van der Waals surface area contributed by atoms with Crippen LogP contribution in [0.4, 0.5) is 17.1 Å². The Bertz CT molecular complexity index is 2550. The SMILES string of the molecule is Brc1ccccc1-c1cccc(N(c2ccccc2)c2ccc3c4c5c(ccc4n(-c4ccccc4)c3c2)sc2ccccc25)c1. The third-order valence-corrected chi connectivity index (χ3v) is 10.7. The van der Waals surface area contributed by atoms with Gasteiger partial charge in [-0.1, -0.05) is 107 Å². The summed E-state index contributed by atoms with van der Waals surface area (Å²) in [5.41, 5.74) is 9.21. The molecule has 7 aromatic carbocycles. The van der Waals surface area contributed by atoms with Gasteiger partial charge in [0, 0.05) is 58.2 Å². The Morgan fingerprint density at radius 1 is 0.478 bits per heavy atom. The van der Waals surface area contributed by atoms with Crippen LogP contribution in [-0.2, 0) is 0 Å². The normalized spacial score (nSPS) is 11.6. The fourth-order valence-electron chi connectivity index (χ4n) is 6.84. The van der Waals surface area contributed by atoms with Gasteiger partial charge in [-0.15, -0.1) is 11.3 Å². The lowest BCUT2D eigenvalue weighted by Crippen LogP contribution is -2.10. The molecule has 0 aliphatic rings. The predicted molar refractivity (Wildman–Crippen MR) is 201 cm³/mol. The molecule has 9 rings (SSSR count). The van der Waals surface area contributed by atoms with Crippen LogP contribution in [0.5, 0.6) is 0 Å². The molecular weight excluding hydrogens is 644 g/mol. The highest BCUT2D eigenvalue weighted by atomic mass is 79.9. The zero-order valence-electron chi connectivity index (χ0n) is 24.8. The maximum absolute atomic E-state index is 3.77. The lowest BCUT2D eigenvalue weighted by atomic mass is 10.0. The van der Waals surface area contributed by atoms with Crippen molar-refractivity contribution in [3.63, 3.8) is 0 Å². The first-order valence-corrected chi connectivity index (χ1v) is 17.0. The second-order valence-corrected chi connectivity index (χ2v) is 13.4. The van der Waals surface area contributed by atoms with Crippen LogP contribution in [0.2, 0.25) is 0 Å². The molecule has 0 amide bonds. The summed E-state index contributed by atoms with van der Waals surface area (Å²) in [6, 6.07) is 59.0. The van der Waals surface area contributed by atoms with Gasteiger partial charge in [-0.25, -0.2) is 0 Å². The quantitative estimate of drug-likeness (QED) is 0.177. The van der Waals surface area contributed by atoms with Gasteiger partial charge in [0.2, 0.25) is 0 Å². The molecule has 0 aliphatic heterocycles. The zero-order chi connectivity index (χ0) is 30.6. The molecule has 0 bridgehead atoms. The molecule has 0 unspecified atom stereocenters. The molecule has 0 N–H and O–H groups in total. The molecule has 2 heterocycles. The molecule has 0 saturated heterocycles. The van der Waals surface area contributed by atoms with Crippen molar-refractivity contribution in [2.75, 3.05) is 4.90 Å². The van der Waals surface area contributed by atoms with Crippen molar-refractivity contribution in [2.45, 2.75) is 0 Å². The van der Waals surface area contributed by atoms with Gasteiger partial charge in [-0.3, -0.25) is 0 Å². The number of fused-ring (bicyclic) bond motifs is 7. The number of halogens is 1. The van der Waals surface area contributed by atoms with E-state index in [2.05, 4.69) is 189 Å². The lowest BCUT2D eigenvalue weighted by Gasteiger charge is -2.26. The predicted octanol–water partition coefficient (Wildman–Crippen LogP) is 13.1. The number of benzene rings is 7. The minimum atomic E-state index is 1.08. The highest BCUT2D eigenvalue weighted by Crippen LogP contribution is 2.45. The summed E-state index contributed by atoms with van der Waals surface area (Å²) in [5, 5.41) is 5.22. The number of nitrogens with zero attached hydrogens (tertiary/aromatic N) is 2. The number of rotatable bonds is 5. The first-order valence-electron chi connectivity index (χ1n) is 15.4. The Labute approximate surface area is 279 Å². The molecule has 0 aliphatic carbocycles. The van der Waals surface area contributed by atoms with E-state index in [1.807, 2.05) is 11.3 Å². The Kier molecular flexibility index (Phi) is 6.51. The molecule has 218 valence electrons. The molecule has 2 aromatic heterocycles. The maximum atomic E-state index is 3.77. The second kappa shape index (κ2) is 11.0. The third kappa shape index (κ3) is 4.37. The van der Waals surface area contributed by atoms with Gasteiger partial charge in [-0.2, -0.15) is 0 Å². The van der Waals surface area contributed by atoms with Crippen LogP contribution < -0.4 is 4.90 Å². The van der Waals surface area contributed by atoms with Gasteiger partial charge in [0.1, 0.15) is 0 Å². The third-order valence-electron chi connectivity index (χ3n) is 8.83. The van der Waals surface area contributed by atoms with Crippen LogP contribution in [0.25, 0.3) is 58.8 Å². The summed E-state index contributed by atoms with van der Waals surface area (Å²) in [4.78, 5) is 2.36. The Morgan fingerprint density at radius 3 is 2.04 bits per heavy atom. The molecule has 4 heteroatoms. The van der Waals surface area contributed by atoms with Crippen LogP contribution in [0.15, 0.2) is 168 Å². The Morgan fingerprint density at radius 2 is 1.20 bits per heavy atom. The van der Waals surface area contributed by atoms with E-state index in [0.29, 0.717) is 0 Å². The van der Waals surface area contributed by atoms with E-state index in [9.17, 15) is 0 Å². The van der Waals surface area contributed by atoms with E-state index in [1.54, 1.807) is 0 Å². The Hall–Kier alpha value is -5.16. The average Bonchev–Trinajstić information content (AvgIpc) is 3.65. The largest absolute Gasteiger partial charge is 0.310 e. The summed E-state index contributed by atoms with van der Waals surface area (Å²) in [6.45, 7) is 0.